The molecule has 3 aromatic rings. The van der Waals surface area contributed by atoms with E-state index in [2.05, 4.69) is 15.5 Å². The predicted octanol–water partition coefficient (Wildman–Crippen LogP) is 5.82. The fourth-order valence-corrected chi connectivity index (χ4v) is 4.45. The number of anilines is 1. The maximum Gasteiger partial charge on any atom is 0.250 e. The van der Waals surface area contributed by atoms with Gasteiger partial charge < -0.3 is 4.74 Å². The van der Waals surface area contributed by atoms with E-state index in [9.17, 15) is 4.79 Å². The molecule has 0 saturated heterocycles. The van der Waals surface area contributed by atoms with E-state index in [0.29, 0.717) is 17.7 Å². The highest BCUT2D eigenvalue weighted by Gasteiger charge is 2.19. The van der Waals surface area contributed by atoms with Crippen LogP contribution in [0.2, 0.25) is 0 Å². The Hall–Kier alpha value is -2.99. The maximum absolute atomic E-state index is 12.2. The zero-order valence-corrected chi connectivity index (χ0v) is 17.6. The van der Waals surface area contributed by atoms with Crippen molar-refractivity contribution in [2.75, 3.05) is 5.32 Å². The lowest BCUT2D eigenvalue weighted by Crippen LogP contribution is -2.07. The lowest BCUT2D eigenvalue weighted by molar-refractivity contribution is -0.111. The number of carbonyl (C=O) groups excluding carboxylic acids is 1. The Bertz CT molecular complexity index is 977. The van der Waals surface area contributed by atoms with E-state index in [1.54, 1.807) is 6.08 Å². The van der Waals surface area contributed by atoms with Gasteiger partial charge in [-0.25, -0.2) is 0 Å². The van der Waals surface area contributed by atoms with Crippen molar-refractivity contribution >= 4 is 28.5 Å². The van der Waals surface area contributed by atoms with Crippen molar-refractivity contribution in [2.45, 2.75) is 44.6 Å². The summed E-state index contributed by atoms with van der Waals surface area (Å²) in [6, 6.07) is 17.7. The molecule has 0 unspecified atom stereocenters. The summed E-state index contributed by atoms with van der Waals surface area (Å²) in [5, 5.41) is 12.8. The first kappa shape index (κ1) is 20.3. The minimum absolute atomic E-state index is 0.203. The summed E-state index contributed by atoms with van der Waals surface area (Å²) in [5.74, 6) is 1.09. The summed E-state index contributed by atoms with van der Waals surface area (Å²) >= 11 is 1.49. The molecule has 1 aromatic heterocycles. The van der Waals surface area contributed by atoms with E-state index in [0.717, 1.165) is 21.9 Å². The Morgan fingerprint density at radius 3 is 2.57 bits per heavy atom. The van der Waals surface area contributed by atoms with Crippen molar-refractivity contribution in [3.8, 4) is 5.75 Å². The van der Waals surface area contributed by atoms with Crippen LogP contribution in [0.15, 0.2) is 60.7 Å². The lowest BCUT2D eigenvalue weighted by atomic mass is 9.90. The monoisotopic (exact) mass is 419 g/mol. The summed E-state index contributed by atoms with van der Waals surface area (Å²) in [5.41, 5.74) is 2.05. The predicted molar refractivity (Wildman–Crippen MR) is 121 cm³/mol. The number of nitrogens with zero attached hydrogens (tertiary/aromatic N) is 2. The number of aromatic nitrogens is 2. The van der Waals surface area contributed by atoms with E-state index in [1.165, 1.54) is 49.5 Å². The lowest BCUT2D eigenvalue weighted by Gasteiger charge is -2.18. The molecule has 1 aliphatic carbocycles. The largest absolute Gasteiger partial charge is 0.489 e. The molecule has 1 amide bonds. The second-order valence-corrected chi connectivity index (χ2v) is 8.46. The molecule has 30 heavy (non-hydrogen) atoms. The summed E-state index contributed by atoms with van der Waals surface area (Å²) in [6.45, 7) is 0.531. The molecular weight excluding hydrogens is 394 g/mol. The van der Waals surface area contributed by atoms with E-state index in [4.69, 9.17) is 4.74 Å². The number of hydrogen-bond acceptors (Lipinski definition) is 5. The zero-order chi connectivity index (χ0) is 20.6. The molecule has 0 atom stereocenters. The molecule has 154 valence electrons. The van der Waals surface area contributed by atoms with Gasteiger partial charge in [-0.05, 0) is 42.2 Å². The van der Waals surface area contributed by atoms with Crippen LogP contribution in [0.4, 0.5) is 5.13 Å². The molecule has 0 radical (unpaired) electrons. The molecule has 0 aliphatic heterocycles. The minimum atomic E-state index is -0.203. The Balaban J connectivity index is 1.27. The average molecular weight is 420 g/mol. The van der Waals surface area contributed by atoms with Crippen LogP contribution in [0.5, 0.6) is 5.75 Å². The number of carbonyl (C=O) groups is 1. The standard InChI is InChI=1S/C24H25N3O2S/c28-22(25-24-27-26-23(30-24)20-9-5-2-6-10-20)16-13-18-11-14-21(15-12-18)29-17-19-7-3-1-4-8-19/h1,3-4,7-8,11-16,20H,2,5-6,9-10,17H2,(H,25,27,28)/b16-13+. The van der Waals surface area contributed by atoms with Crippen LogP contribution >= 0.6 is 11.3 Å². The quantitative estimate of drug-likeness (QED) is 0.490. The van der Waals surface area contributed by atoms with E-state index in [1.807, 2.05) is 54.6 Å². The maximum atomic E-state index is 12.2. The van der Waals surface area contributed by atoms with Crippen molar-refractivity contribution in [1.29, 1.82) is 0 Å². The van der Waals surface area contributed by atoms with Gasteiger partial charge in [-0.2, -0.15) is 0 Å². The van der Waals surface area contributed by atoms with Gasteiger partial charge >= 0.3 is 0 Å². The van der Waals surface area contributed by atoms with Crippen LogP contribution in [0.25, 0.3) is 6.08 Å². The number of nitrogens with one attached hydrogen (secondary N) is 1. The van der Waals surface area contributed by atoms with Gasteiger partial charge in [-0.15, -0.1) is 10.2 Å². The molecule has 5 nitrogen and oxygen atoms in total. The number of benzene rings is 2. The molecule has 1 aliphatic rings. The van der Waals surface area contributed by atoms with Crippen LogP contribution in [0.3, 0.4) is 0 Å². The van der Waals surface area contributed by atoms with Crippen LogP contribution in [-0.2, 0) is 11.4 Å². The summed E-state index contributed by atoms with van der Waals surface area (Å²) in [4.78, 5) is 12.2. The van der Waals surface area contributed by atoms with Crippen molar-refractivity contribution in [1.82, 2.24) is 10.2 Å². The molecule has 4 rings (SSSR count). The van der Waals surface area contributed by atoms with Gasteiger partial charge in [0, 0.05) is 12.0 Å². The minimum Gasteiger partial charge on any atom is -0.489 e. The van der Waals surface area contributed by atoms with Crippen LogP contribution in [0.1, 0.15) is 54.2 Å². The van der Waals surface area contributed by atoms with E-state index >= 15 is 0 Å². The number of hydrogen-bond donors (Lipinski definition) is 1. The normalized spacial score (nSPS) is 14.7. The van der Waals surface area contributed by atoms with Gasteiger partial charge in [0.1, 0.15) is 17.4 Å². The molecule has 1 fully saturated rings. The smallest absolute Gasteiger partial charge is 0.250 e. The third-order valence-electron chi connectivity index (χ3n) is 5.18. The first-order chi connectivity index (χ1) is 14.8. The van der Waals surface area contributed by atoms with Gasteiger partial charge in [-0.1, -0.05) is 73.1 Å². The first-order valence-electron chi connectivity index (χ1n) is 10.4. The SMILES string of the molecule is O=C(/C=C/c1ccc(OCc2ccccc2)cc1)Nc1nnc(C2CCCCC2)s1. The second kappa shape index (κ2) is 10.2. The first-order valence-corrected chi connectivity index (χ1v) is 11.2. The number of ether oxygens (including phenoxy) is 1. The van der Waals surface area contributed by atoms with Gasteiger partial charge in [0.15, 0.2) is 0 Å². The Kier molecular flexibility index (Phi) is 6.87. The van der Waals surface area contributed by atoms with Crippen molar-refractivity contribution < 1.29 is 9.53 Å². The van der Waals surface area contributed by atoms with Gasteiger partial charge in [0.05, 0.1) is 0 Å². The third-order valence-corrected chi connectivity index (χ3v) is 6.18. The van der Waals surface area contributed by atoms with Gasteiger partial charge in [0.25, 0.3) is 0 Å². The van der Waals surface area contributed by atoms with Crippen molar-refractivity contribution in [3.63, 3.8) is 0 Å². The van der Waals surface area contributed by atoms with Crippen LogP contribution in [-0.4, -0.2) is 16.1 Å². The summed E-state index contributed by atoms with van der Waals surface area (Å²) in [7, 11) is 0. The molecule has 1 saturated carbocycles. The molecule has 1 N–H and O–H groups in total. The molecule has 0 bridgehead atoms. The third kappa shape index (κ3) is 5.76. The fourth-order valence-electron chi connectivity index (χ4n) is 3.53. The highest BCUT2D eigenvalue weighted by Crippen LogP contribution is 2.35. The summed E-state index contributed by atoms with van der Waals surface area (Å²) in [6.07, 6.45) is 9.46. The molecule has 0 spiro atoms. The number of rotatable bonds is 7. The van der Waals surface area contributed by atoms with Crippen LogP contribution in [0, 0.1) is 0 Å². The van der Waals surface area contributed by atoms with Gasteiger partial charge in [-0.3, -0.25) is 10.1 Å². The molecule has 6 heteroatoms. The van der Waals surface area contributed by atoms with E-state index in [-0.39, 0.29) is 5.91 Å². The fraction of sp³-hybridized carbons (Fsp3) is 0.292. The number of amides is 1. The Morgan fingerprint density at radius 2 is 1.80 bits per heavy atom. The Labute approximate surface area is 180 Å². The second-order valence-electron chi connectivity index (χ2n) is 7.45. The topological polar surface area (TPSA) is 64.1 Å². The average Bonchev–Trinajstić information content (AvgIpc) is 3.27. The zero-order valence-electron chi connectivity index (χ0n) is 16.8. The van der Waals surface area contributed by atoms with Crippen molar-refractivity contribution in [2.24, 2.45) is 0 Å². The highest BCUT2D eigenvalue weighted by atomic mass is 32.1. The van der Waals surface area contributed by atoms with Crippen LogP contribution < -0.4 is 10.1 Å². The van der Waals surface area contributed by atoms with E-state index < -0.39 is 0 Å². The molecular formula is C24H25N3O2S. The van der Waals surface area contributed by atoms with Gasteiger partial charge in [0.2, 0.25) is 11.0 Å². The highest BCUT2D eigenvalue weighted by molar-refractivity contribution is 7.15. The summed E-state index contributed by atoms with van der Waals surface area (Å²) < 4.78 is 5.79. The molecule has 2 aromatic carbocycles. The molecule has 1 heterocycles. The van der Waals surface area contributed by atoms with Crippen molar-refractivity contribution in [3.05, 3.63) is 76.8 Å². The Morgan fingerprint density at radius 1 is 1.03 bits per heavy atom.